The van der Waals surface area contributed by atoms with Gasteiger partial charge in [-0.3, -0.25) is 4.79 Å². The van der Waals surface area contributed by atoms with Crippen LogP contribution >= 0.6 is 0 Å². The molecule has 116 valence electrons. The molecule has 2 aliphatic heterocycles. The van der Waals surface area contributed by atoms with Gasteiger partial charge in [-0.1, -0.05) is 6.08 Å². The summed E-state index contributed by atoms with van der Waals surface area (Å²) in [5, 5.41) is 6.70. The van der Waals surface area contributed by atoms with Gasteiger partial charge in [-0.25, -0.2) is 0 Å². The summed E-state index contributed by atoms with van der Waals surface area (Å²) >= 11 is 0. The van der Waals surface area contributed by atoms with Crippen LogP contribution in [0, 0.1) is 17.8 Å². The minimum atomic E-state index is -0.288. The summed E-state index contributed by atoms with van der Waals surface area (Å²) < 4.78 is 0. The molecule has 2 N–H and O–H groups in total. The molecule has 0 spiro atoms. The van der Waals surface area contributed by atoms with Crippen molar-refractivity contribution in [3.05, 3.63) is 36.3 Å². The van der Waals surface area contributed by atoms with E-state index >= 15 is 0 Å². The zero-order valence-corrected chi connectivity index (χ0v) is 12.8. The Balaban J connectivity index is 1.33. The molecule has 0 saturated heterocycles. The molecule has 4 heteroatoms. The van der Waals surface area contributed by atoms with Crippen LogP contribution in [0.3, 0.4) is 0 Å². The van der Waals surface area contributed by atoms with Crippen molar-refractivity contribution in [1.29, 1.82) is 0 Å². The number of nitrogens with one attached hydrogen (secondary N) is 2. The second-order valence-electron chi connectivity index (χ2n) is 7.93. The van der Waals surface area contributed by atoms with Gasteiger partial charge in [0.1, 0.15) is 0 Å². The van der Waals surface area contributed by atoms with Crippen molar-refractivity contribution in [2.75, 3.05) is 0 Å². The average Bonchev–Trinajstić information content (AvgIpc) is 2.89. The fourth-order valence-electron chi connectivity index (χ4n) is 5.87. The van der Waals surface area contributed by atoms with Gasteiger partial charge in [-0.05, 0) is 68.4 Å². The largest absolute Gasteiger partial charge is 0.361 e. The van der Waals surface area contributed by atoms with Crippen LogP contribution in [0.5, 0.6) is 0 Å². The minimum absolute atomic E-state index is 0.0889. The fraction of sp³-hybridized carbons (Fsp3) is 0.611. The van der Waals surface area contributed by atoms with Gasteiger partial charge in [0.2, 0.25) is 0 Å². The molecule has 2 heterocycles. The summed E-state index contributed by atoms with van der Waals surface area (Å²) in [6.45, 7) is 0. The van der Waals surface area contributed by atoms with Gasteiger partial charge in [0.25, 0.3) is 5.91 Å². The minimum Gasteiger partial charge on any atom is -0.361 e. The number of allylic oxidation sites excluding steroid dienone is 3. The maximum absolute atomic E-state index is 12.9. The molecule has 22 heavy (non-hydrogen) atoms. The molecule has 0 aromatic carbocycles. The summed E-state index contributed by atoms with van der Waals surface area (Å²) in [6.07, 6.45) is 17.5. The Bertz CT molecular complexity index is 568. The summed E-state index contributed by atoms with van der Waals surface area (Å²) in [5.74, 6) is 2.70. The number of hydrogen-bond donors (Lipinski definition) is 2. The predicted octanol–water partition coefficient (Wildman–Crippen LogP) is 2.23. The second-order valence-corrected chi connectivity index (χ2v) is 7.93. The molecule has 4 fully saturated rings. The van der Waals surface area contributed by atoms with E-state index in [4.69, 9.17) is 0 Å². The number of carbonyl (C=O) groups excluding carboxylic acids is 1. The highest BCUT2D eigenvalue weighted by Gasteiger charge is 2.52. The first-order chi connectivity index (χ1) is 10.7. The van der Waals surface area contributed by atoms with E-state index in [2.05, 4.69) is 10.6 Å². The third-order valence-electron chi connectivity index (χ3n) is 6.27. The lowest BCUT2D eigenvalue weighted by atomic mass is 9.53. The number of carbonyl (C=O) groups is 1. The van der Waals surface area contributed by atoms with Gasteiger partial charge < -0.3 is 15.5 Å². The van der Waals surface area contributed by atoms with Crippen LogP contribution in [0.25, 0.3) is 0 Å². The van der Waals surface area contributed by atoms with Crippen molar-refractivity contribution in [3.8, 4) is 0 Å². The first kappa shape index (κ1) is 12.8. The molecule has 0 radical (unpaired) electrons. The standard InChI is InChI=1S/C18H23N3O/c22-17(16-19-11-15-3-1-2-4-21(15)16)20-18-8-12-5-13(9-18)7-14(6-12)10-18/h1-4,11-14,16,19H,5-10H2,(H,20,22). The highest BCUT2D eigenvalue weighted by molar-refractivity contribution is 5.83. The first-order valence-corrected chi connectivity index (χ1v) is 8.62. The molecule has 0 aromatic rings. The quantitative estimate of drug-likeness (QED) is 0.821. The fourth-order valence-corrected chi connectivity index (χ4v) is 5.87. The van der Waals surface area contributed by atoms with Crippen molar-refractivity contribution < 1.29 is 4.79 Å². The highest BCUT2D eigenvalue weighted by atomic mass is 16.2. The summed E-state index contributed by atoms with van der Waals surface area (Å²) in [6, 6.07) is 0. The van der Waals surface area contributed by atoms with E-state index in [1.165, 1.54) is 38.5 Å². The Morgan fingerprint density at radius 2 is 1.82 bits per heavy atom. The Morgan fingerprint density at radius 3 is 2.50 bits per heavy atom. The number of nitrogens with zero attached hydrogens (tertiary/aromatic N) is 1. The van der Waals surface area contributed by atoms with Crippen molar-refractivity contribution in [3.63, 3.8) is 0 Å². The summed E-state index contributed by atoms with van der Waals surface area (Å²) in [4.78, 5) is 14.9. The van der Waals surface area contributed by atoms with Crippen LogP contribution in [0.1, 0.15) is 38.5 Å². The van der Waals surface area contributed by atoms with Gasteiger partial charge in [0, 0.05) is 17.9 Å². The molecule has 4 nitrogen and oxygen atoms in total. The van der Waals surface area contributed by atoms with Crippen LogP contribution in [-0.2, 0) is 4.79 Å². The van der Waals surface area contributed by atoms with Crippen LogP contribution in [0.15, 0.2) is 36.3 Å². The second kappa shape index (κ2) is 4.40. The lowest BCUT2D eigenvalue weighted by molar-refractivity contribution is -0.131. The van der Waals surface area contributed by atoms with E-state index in [0.717, 1.165) is 23.5 Å². The first-order valence-electron chi connectivity index (χ1n) is 8.62. The van der Waals surface area contributed by atoms with E-state index in [1.54, 1.807) is 0 Å². The zero-order valence-electron chi connectivity index (χ0n) is 12.8. The lowest BCUT2D eigenvalue weighted by Gasteiger charge is -2.57. The number of amides is 1. The van der Waals surface area contributed by atoms with E-state index < -0.39 is 0 Å². The molecule has 0 aromatic heterocycles. The van der Waals surface area contributed by atoms with E-state index in [-0.39, 0.29) is 17.6 Å². The van der Waals surface area contributed by atoms with Crippen molar-refractivity contribution in [2.45, 2.75) is 50.2 Å². The lowest BCUT2D eigenvalue weighted by Crippen LogP contribution is -2.63. The van der Waals surface area contributed by atoms with Crippen LogP contribution in [0.4, 0.5) is 0 Å². The zero-order chi connectivity index (χ0) is 14.7. The van der Waals surface area contributed by atoms with Crippen molar-refractivity contribution >= 4 is 5.91 Å². The molecule has 4 saturated carbocycles. The smallest absolute Gasteiger partial charge is 0.264 e. The number of hydrogen-bond acceptors (Lipinski definition) is 3. The Morgan fingerprint density at radius 1 is 1.14 bits per heavy atom. The highest BCUT2D eigenvalue weighted by Crippen LogP contribution is 2.55. The maximum Gasteiger partial charge on any atom is 0.264 e. The maximum atomic E-state index is 12.9. The molecule has 1 amide bonds. The van der Waals surface area contributed by atoms with E-state index in [0.29, 0.717) is 0 Å². The monoisotopic (exact) mass is 297 g/mol. The summed E-state index contributed by atoms with van der Waals surface area (Å²) in [7, 11) is 0. The van der Waals surface area contributed by atoms with Crippen LogP contribution < -0.4 is 10.6 Å². The third-order valence-corrected chi connectivity index (χ3v) is 6.27. The number of fused-ring (bicyclic) bond motifs is 1. The van der Waals surface area contributed by atoms with E-state index in [9.17, 15) is 4.79 Å². The van der Waals surface area contributed by atoms with Crippen molar-refractivity contribution in [2.24, 2.45) is 17.8 Å². The van der Waals surface area contributed by atoms with Gasteiger partial charge in [0.05, 0.1) is 5.70 Å². The van der Waals surface area contributed by atoms with Crippen LogP contribution in [-0.4, -0.2) is 22.5 Å². The van der Waals surface area contributed by atoms with Gasteiger partial charge in [-0.2, -0.15) is 0 Å². The molecule has 1 atom stereocenters. The molecule has 1 unspecified atom stereocenters. The molecule has 4 aliphatic carbocycles. The normalized spacial score (nSPS) is 43.8. The molecular formula is C18H23N3O. The molecule has 6 rings (SSSR count). The third kappa shape index (κ3) is 1.86. The van der Waals surface area contributed by atoms with Gasteiger partial charge in [0.15, 0.2) is 6.17 Å². The number of rotatable bonds is 2. The van der Waals surface area contributed by atoms with Gasteiger partial charge in [-0.15, -0.1) is 0 Å². The predicted molar refractivity (Wildman–Crippen MR) is 84.2 cm³/mol. The Hall–Kier alpha value is -1.71. The summed E-state index contributed by atoms with van der Waals surface area (Å²) in [5.41, 5.74) is 1.15. The topological polar surface area (TPSA) is 44.4 Å². The molecule has 4 bridgehead atoms. The van der Waals surface area contributed by atoms with E-state index in [1.807, 2.05) is 35.5 Å². The molecular weight excluding hydrogens is 274 g/mol. The Labute approximate surface area is 131 Å². The van der Waals surface area contributed by atoms with Crippen molar-refractivity contribution in [1.82, 2.24) is 15.5 Å². The average molecular weight is 297 g/mol. The van der Waals surface area contributed by atoms with Crippen LogP contribution in [0.2, 0.25) is 0 Å². The Kier molecular flexibility index (Phi) is 2.56. The van der Waals surface area contributed by atoms with Gasteiger partial charge >= 0.3 is 0 Å². The SMILES string of the molecule is O=C(NC12CC3CC(CC(C3)C1)C2)C1NC=C2C=CC=CN21. The molecule has 6 aliphatic rings.